The molecule has 1 aliphatic rings. The highest BCUT2D eigenvalue weighted by molar-refractivity contribution is 6.32. The van der Waals surface area contributed by atoms with E-state index in [0.29, 0.717) is 29.2 Å². The first-order valence-electron chi connectivity index (χ1n) is 5.47. The van der Waals surface area contributed by atoms with Gasteiger partial charge in [-0.2, -0.15) is 0 Å². The van der Waals surface area contributed by atoms with Crippen molar-refractivity contribution < 1.29 is 9.47 Å². The number of rotatable bonds is 5. The molecule has 4 heteroatoms. The second kappa shape index (κ2) is 4.93. The summed E-state index contributed by atoms with van der Waals surface area (Å²) in [7, 11) is 1.62. The largest absolute Gasteiger partial charge is 0.493 e. The minimum Gasteiger partial charge on any atom is -0.493 e. The second-order valence-corrected chi connectivity index (χ2v) is 4.37. The lowest BCUT2D eigenvalue weighted by Crippen LogP contribution is -2.04. The fourth-order valence-corrected chi connectivity index (χ4v) is 1.83. The zero-order valence-corrected chi connectivity index (χ0v) is 10.1. The van der Waals surface area contributed by atoms with Gasteiger partial charge in [0.25, 0.3) is 0 Å². The Hall–Kier alpha value is -0.930. The summed E-state index contributed by atoms with van der Waals surface area (Å²) < 4.78 is 11.0. The molecule has 1 fully saturated rings. The Morgan fingerprint density at radius 2 is 2.19 bits per heavy atom. The SMILES string of the molecule is COc1cc(CCN)cc(Cl)c1OC1CC1. The number of nitrogens with two attached hydrogens (primary N) is 1. The molecule has 1 aliphatic carbocycles. The third-order valence-electron chi connectivity index (χ3n) is 2.53. The van der Waals surface area contributed by atoms with Crippen molar-refractivity contribution in [2.24, 2.45) is 5.73 Å². The van der Waals surface area contributed by atoms with E-state index in [1.165, 1.54) is 0 Å². The Morgan fingerprint density at radius 1 is 1.44 bits per heavy atom. The fraction of sp³-hybridized carbons (Fsp3) is 0.500. The summed E-state index contributed by atoms with van der Waals surface area (Å²) >= 11 is 6.18. The predicted octanol–water partition coefficient (Wildman–Crippen LogP) is 2.39. The van der Waals surface area contributed by atoms with E-state index in [4.69, 9.17) is 26.8 Å². The van der Waals surface area contributed by atoms with Crippen molar-refractivity contribution >= 4 is 11.6 Å². The zero-order valence-electron chi connectivity index (χ0n) is 9.33. The van der Waals surface area contributed by atoms with Crippen LogP contribution in [0.5, 0.6) is 11.5 Å². The molecule has 0 spiro atoms. The molecule has 1 saturated carbocycles. The maximum atomic E-state index is 6.18. The Labute approximate surface area is 100 Å². The van der Waals surface area contributed by atoms with Crippen LogP contribution in [0.1, 0.15) is 18.4 Å². The lowest BCUT2D eigenvalue weighted by atomic mass is 10.1. The Kier molecular flexibility index (Phi) is 3.56. The summed E-state index contributed by atoms with van der Waals surface area (Å²) in [6.45, 7) is 0.600. The van der Waals surface area contributed by atoms with Gasteiger partial charge in [0.05, 0.1) is 18.2 Å². The van der Waals surface area contributed by atoms with Crippen LogP contribution in [0.2, 0.25) is 5.02 Å². The van der Waals surface area contributed by atoms with Gasteiger partial charge < -0.3 is 15.2 Å². The molecular formula is C12H16ClNO2. The highest BCUT2D eigenvalue weighted by Crippen LogP contribution is 2.40. The molecule has 0 saturated heterocycles. The van der Waals surface area contributed by atoms with Crippen LogP contribution in [0.15, 0.2) is 12.1 Å². The predicted molar refractivity (Wildman–Crippen MR) is 64.4 cm³/mol. The third kappa shape index (κ3) is 2.60. The smallest absolute Gasteiger partial charge is 0.180 e. The van der Waals surface area contributed by atoms with Gasteiger partial charge in [0.2, 0.25) is 0 Å². The molecule has 0 aromatic heterocycles. The van der Waals surface area contributed by atoms with Crippen LogP contribution in [0.25, 0.3) is 0 Å². The van der Waals surface area contributed by atoms with Crippen LogP contribution < -0.4 is 15.2 Å². The van der Waals surface area contributed by atoms with Gasteiger partial charge >= 0.3 is 0 Å². The minimum atomic E-state index is 0.312. The van der Waals surface area contributed by atoms with Gasteiger partial charge in [0.15, 0.2) is 11.5 Å². The van der Waals surface area contributed by atoms with Crippen molar-refractivity contribution in [3.8, 4) is 11.5 Å². The van der Waals surface area contributed by atoms with E-state index < -0.39 is 0 Å². The summed E-state index contributed by atoms with van der Waals surface area (Å²) in [4.78, 5) is 0. The molecule has 0 heterocycles. The quantitative estimate of drug-likeness (QED) is 0.861. The number of hydrogen-bond donors (Lipinski definition) is 1. The average molecular weight is 242 g/mol. The molecule has 0 radical (unpaired) electrons. The van der Waals surface area contributed by atoms with E-state index in [0.717, 1.165) is 24.8 Å². The molecule has 3 nitrogen and oxygen atoms in total. The van der Waals surface area contributed by atoms with Crippen LogP contribution in [0.4, 0.5) is 0 Å². The summed E-state index contributed by atoms with van der Waals surface area (Å²) in [5, 5.41) is 0.606. The first-order valence-corrected chi connectivity index (χ1v) is 5.85. The average Bonchev–Trinajstić information content (AvgIpc) is 3.06. The monoisotopic (exact) mass is 241 g/mol. The first-order chi connectivity index (χ1) is 7.74. The molecule has 0 bridgehead atoms. The van der Waals surface area contributed by atoms with E-state index in [9.17, 15) is 0 Å². The van der Waals surface area contributed by atoms with E-state index in [-0.39, 0.29) is 0 Å². The molecular weight excluding hydrogens is 226 g/mol. The Balaban J connectivity index is 2.26. The second-order valence-electron chi connectivity index (χ2n) is 3.96. The van der Waals surface area contributed by atoms with Crippen LogP contribution in [0, 0.1) is 0 Å². The standard InChI is InChI=1S/C12H16ClNO2/c1-15-11-7-8(4-5-14)6-10(13)12(11)16-9-2-3-9/h6-7,9H,2-5,14H2,1H3. The zero-order chi connectivity index (χ0) is 11.5. The number of halogens is 1. The maximum absolute atomic E-state index is 6.18. The molecule has 0 aliphatic heterocycles. The van der Waals surface area contributed by atoms with E-state index in [1.54, 1.807) is 7.11 Å². The molecule has 1 aromatic rings. The molecule has 2 N–H and O–H groups in total. The molecule has 16 heavy (non-hydrogen) atoms. The van der Waals surface area contributed by atoms with Crippen LogP contribution in [-0.4, -0.2) is 19.8 Å². The number of ether oxygens (including phenoxy) is 2. The maximum Gasteiger partial charge on any atom is 0.180 e. The third-order valence-corrected chi connectivity index (χ3v) is 2.81. The minimum absolute atomic E-state index is 0.312. The Morgan fingerprint density at radius 3 is 2.75 bits per heavy atom. The number of hydrogen-bond acceptors (Lipinski definition) is 3. The molecule has 88 valence electrons. The van der Waals surface area contributed by atoms with Gasteiger partial charge in [0, 0.05) is 0 Å². The molecule has 0 unspecified atom stereocenters. The van der Waals surface area contributed by atoms with Gasteiger partial charge in [-0.1, -0.05) is 11.6 Å². The molecule has 1 aromatic carbocycles. The lowest BCUT2D eigenvalue weighted by Gasteiger charge is -2.13. The van der Waals surface area contributed by atoms with Crippen molar-refractivity contribution in [2.75, 3.05) is 13.7 Å². The van der Waals surface area contributed by atoms with Gasteiger partial charge in [-0.25, -0.2) is 0 Å². The van der Waals surface area contributed by atoms with Crippen molar-refractivity contribution in [1.82, 2.24) is 0 Å². The Bertz CT molecular complexity index is 378. The molecule has 0 atom stereocenters. The fourth-order valence-electron chi connectivity index (χ4n) is 1.55. The highest BCUT2D eigenvalue weighted by Gasteiger charge is 2.26. The summed E-state index contributed by atoms with van der Waals surface area (Å²) in [6, 6.07) is 3.84. The van der Waals surface area contributed by atoms with Crippen molar-refractivity contribution in [1.29, 1.82) is 0 Å². The topological polar surface area (TPSA) is 44.5 Å². The lowest BCUT2D eigenvalue weighted by molar-refractivity contribution is 0.282. The van der Waals surface area contributed by atoms with E-state index >= 15 is 0 Å². The van der Waals surface area contributed by atoms with Crippen LogP contribution >= 0.6 is 11.6 Å². The van der Waals surface area contributed by atoms with Gasteiger partial charge in [-0.05, 0) is 43.5 Å². The van der Waals surface area contributed by atoms with Crippen LogP contribution in [0.3, 0.4) is 0 Å². The summed E-state index contributed by atoms with van der Waals surface area (Å²) in [5.74, 6) is 1.36. The highest BCUT2D eigenvalue weighted by atomic mass is 35.5. The van der Waals surface area contributed by atoms with Crippen molar-refractivity contribution in [3.63, 3.8) is 0 Å². The first kappa shape index (κ1) is 11.6. The van der Waals surface area contributed by atoms with Crippen molar-refractivity contribution in [2.45, 2.75) is 25.4 Å². The van der Waals surface area contributed by atoms with Gasteiger partial charge in [-0.15, -0.1) is 0 Å². The molecule has 2 rings (SSSR count). The number of methoxy groups -OCH3 is 1. The summed E-state index contributed by atoms with van der Waals surface area (Å²) in [6.07, 6.45) is 3.31. The normalized spacial score (nSPS) is 14.9. The number of benzene rings is 1. The van der Waals surface area contributed by atoms with Gasteiger partial charge in [0.1, 0.15) is 0 Å². The molecule has 0 amide bonds. The van der Waals surface area contributed by atoms with Crippen LogP contribution in [-0.2, 0) is 6.42 Å². The van der Waals surface area contributed by atoms with E-state index in [1.807, 2.05) is 12.1 Å². The van der Waals surface area contributed by atoms with Crippen molar-refractivity contribution in [3.05, 3.63) is 22.7 Å². The van der Waals surface area contributed by atoms with Gasteiger partial charge in [-0.3, -0.25) is 0 Å². The van der Waals surface area contributed by atoms with E-state index in [2.05, 4.69) is 0 Å². The summed E-state index contributed by atoms with van der Waals surface area (Å²) in [5.41, 5.74) is 6.59.